The quantitative estimate of drug-likeness (QED) is 0.441. The number of carbonyl (C=O) groups is 1. The zero-order chi connectivity index (χ0) is 15.3. The van der Waals surface area contributed by atoms with Gasteiger partial charge in [-0.1, -0.05) is 0 Å². The maximum Gasteiger partial charge on any atom is 0.313 e. The molecule has 1 aromatic carbocycles. The third kappa shape index (κ3) is 4.16. The van der Waals surface area contributed by atoms with Gasteiger partial charge in [0, 0.05) is 0 Å². The number of halogens is 1. The van der Waals surface area contributed by atoms with E-state index >= 15 is 0 Å². The van der Waals surface area contributed by atoms with Crippen LogP contribution in [-0.4, -0.2) is 23.0 Å². The van der Waals surface area contributed by atoms with Crippen molar-refractivity contribution in [3.8, 4) is 5.75 Å². The summed E-state index contributed by atoms with van der Waals surface area (Å²) < 4.78 is 18.1. The number of nitrogens with two attached hydrogens (primary N) is 2. The summed E-state index contributed by atoms with van der Waals surface area (Å²) >= 11 is 0. The molecule has 8 heteroatoms. The average molecular weight is 285 g/mol. The maximum atomic E-state index is 12.9. The van der Waals surface area contributed by atoms with E-state index in [2.05, 4.69) is 0 Å². The summed E-state index contributed by atoms with van der Waals surface area (Å²) in [6.07, 6.45) is 0.655. The molecule has 20 heavy (non-hydrogen) atoms. The first-order valence-corrected chi connectivity index (χ1v) is 5.89. The molecule has 0 aliphatic rings. The van der Waals surface area contributed by atoms with Crippen LogP contribution in [0, 0.1) is 15.9 Å². The first kappa shape index (κ1) is 15.8. The monoisotopic (exact) mass is 285 g/mol. The van der Waals surface area contributed by atoms with Crippen molar-refractivity contribution in [1.82, 2.24) is 0 Å². The second-order valence-corrected chi connectivity index (χ2v) is 4.60. The molecular weight excluding hydrogens is 269 g/mol. The summed E-state index contributed by atoms with van der Waals surface area (Å²) in [5.74, 6) is -1.38. The minimum absolute atomic E-state index is 0.0331. The van der Waals surface area contributed by atoms with Crippen molar-refractivity contribution in [3.05, 3.63) is 34.1 Å². The lowest BCUT2D eigenvalue weighted by Crippen LogP contribution is -2.49. The number of ether oxygens (including phenoxy) is 1. The highest BCUT2D eigenvalue weighted by molar-refractivity contribution is 5.83. The molecule has 0 saturated carbocycles. The molecule has 0 aromatic heterocycles. The van der Waals surface area contributed by atoms with E-state index in [0.717, 1.165) is 12.1 Å². The number of primary amides is 1. The molecular formula is C12H16FN3O4. The van der Waals surface area contributed by atoms with Crippen molar-refractivity contribution >= 4 is 11.6 Å². The van der Waals surface area contributed by atoms with E-state index in [0.29, 0.717) is 6.42 Å². The van der Waals surface area contributed by atoms with Gasteiger partial charge in [0.15, 0.2) is 5.75 Å². The zero-order valence-corrected chi connectivity index (χ0v) is 11.0. The van der Waals surface area contributed by atoms with Gasteiger partial charge in [0.2, 0.25) is 5.91 Å². The molecule has 0 spiro atoms. The number of rotatable bonds is 7. The molecule has 0 saturated heterocycles. The van der Waals surface area contributed by atoms with Gasteiger partial charge in [-0.15, -0.1) is 0 Å². The minimum Gasteiger partial charge on any atom is -0.487 e. The first-order chi connectivity index (χ1) is 9.24. The normalized spacial score (nSPS) is 13.6. The predicted molar refractivity (Wildman–Crippen MR) is 69.6 cm³/mol. The number of hydrogen-bond donors (Lipinski definition) is 2. The Kier molecular flexibility index (Phi) is 4.98. The van der Waals surface area contributed by atoms with E-state index in [1.807, 2.05) is 0 Å². The first-order valence-electron chi connectivity index (χ1n) is 5.89. The largest absolute Gasteiger partial charge is 0.487 e. The molecule has 110 valence electrons. The van der Waals surface area contributed by atoms with Crippen LogP contribution in [-0.2, 0) is 4.79 Å². The average Bonchev–Trinajstić information content (AvgIpc) is 2.35. The van der Waals surface area contributed by atoms with Gasteiger partial charge in [0.25, 0.3) is 0 Å². The molecule has 0 aliphatic heterocycles. The Morgan fingerprint density at radius 3 is 2.75 bits per heavy atom. The van der Waals surface area contributed by atoms with Crippen LogP contribution in [0.15, 0.2) is 18.2 Å². The summed E-state index contributed by atoms with van der Waals surface area (Å²) in [5.41, 5.74) is 9.15. The fourth-order valence-electron chi connectivity index (χ4n) is 1.50. The van der Waals surface area contributed by atoms with Gasteiger partial charge in [-0.3, -0.25) is 14.9 Å². The van der Waals surface area contributed by atoms with Crippen LogP contribution in [0.3, 0.4) is 0 Å². The highest BCUT2D eigenvalue weighted by atomic mass is 19.1. The van der Waals surface area contributed by atoms with Crippen LogP contribution in [0.1, 0.15) is 19.8 Å². The molecule has 7 nitrogen and oxygen atoms in total. The summed E-state index contributed by atoms with van der Waals surface area (Å²) in [6, 6.07) is 3.04. The molecule has 0 aliphatic carbocycles. The summed E-state index contributed by atoms with van der Waals surface area (Å²) in [4.78, 5) is 21.0. The van der Waals surface area contributed by atoms with E-state index in [-0.39, 0.29) is 18.8 Å². The fourth-order valence-corrected chi connectivity index (χ4v) is 1.50. The van der Waals surface area contributed by atoms with Crippen LogP contribution >= 0.6 is 0 Å². The van der Waals surface area contributed by atoms with Crippen molar-refractivity contribution < 1.29 is 18.8 Å². The lowest BCUT2D eigenvalue weighted by molar-refractivity contribution is -0.386. The van der Waals surface area contributed by atoms with Gasteiger partial charge in [0.05, 0.1) is 23.1 Å². The highest BCUT2D eigenvalue weighted by Gasteiger charge is 2.25. The second kappa shape index (κ2) is 6.29. The molecule has 0 heterocycles. The third-order valence-electron chi connectivity index (χ3n) is 2.78. The molecule has 1 amide bonds. The number of nitro benzene ring substituents is 1. The molecule has 1 unspecified atom stereocenters. The molecule has 0 fully saturated rings. The molecule has 4 N–H and O–H groups in total. The van der Waals surface area contributed by atoms with Crippen LogP contribution < -0.4 is 16.2 Å². The minimum atomic E-state index is -1.15. The topological polar surface area (TPSA) is 121 Å². The highest BCUT2D eigenvalue weighted by Crippen LogP contribution is 2.27. The number of benzene rings is 1. The zero-order valence-electron chi connectivity index (χ0n) is 11.0. The summed E-state index contributed by atoms with van der Waals surface area (Å²) in [7, 11) is 0. The van der Waals surface area contributed by atoms with Crippen LogP contribution in [0.4, 0.5) is 10.1 Å². The Bertz CT molecular complexity index is 519. The van der Waals surface area contributed by atoms with Crippen LogP contribution in [0.25, 0.3) is 0 Å². The number of nitrogens with zero attached hydrogens (tertiary/aromatic N) is 1. The smallest absolute Gasteiger partial charge is 0.313 e. The fraction of sp³-hybridized carbons (Fsp3) is 0.417. The number of nitro groups is 1. The van der Waals surface area contributed by atoms with Crippen LogP contribution in [0.2, 0.25) is 0 Å². The van der Waals surface area contributed by atoms with Gasteiger partial charge in [0.1, 0.15) is 5.82 Å². The van der Waals surface area contributed by atoms with Gasteiger partial charge < -0.3 is 16.2 Å². The van der Waals surface area contributed by atoms with Crippen molar-refractivity contribution in [2.45, 2.75) is 25.3 Å². The molecule has 1 rings (SSSR count). The molecule has 0 radical (unpaired) electrons. The lowest BCUT2D eigenvalue weighted by atomic mass is 9.97. The Morgan fingerprint density at radius 1 is 1.55 bits per heavy atom. The van der Waals surface area contributed by atoms with Crippen molar-refractivity contribution in [2.75, 3.05) is 6.61 Å². The number of amides is 1. The lowest BCUT2D eigenvalue weighted by Gasteiger charge is -2.19. The number of carbonyl (C=O) groups excluding carboxylic acids is 1. The van der Waals surface area contributed by atoms with E-state index in [4.69, 9.17) is 16.2 Å². The van der Waals surface area contributed by atoms with Crippen LogP contribution in [0.5, 0.6) is 5.75 Å². The van der Waals surface area contributed by atoms with E-state index in [1.54, 1.807) is 0 Å². The Morgan fingerprint density at radius 2 is 2.20 bits per heavy atom. The van der Waals surface area contributed by atoms with Gasteiger partial charge in [-0.05, 0) is 31.9 Å². The van der Waals surface area contributed by atoms with E-state index in [1.165, 1.54) is 13.0 Å². The number of hydrogen-bond acceptors (Lipinski definition) is 5. The second-order valence-electron chi connectivity index (χ2n) is 4.60. The Balaban J connectivity index is 2.59. The molecule has 1 aromatic rings. The summed E-state index contributed by atoms with van der Waals surface area (Å²) in [5, 5.41) is 10.7. The molecule has 1 atom stereocenters. The third-order valence-corrected chi connectivity index (χ3v) is 2.78. The SMILES string of the molecule is CC(N)(CCCOc1ccc(F)cc1[N+](=O)[O-])C(N)=O. The van der Waals surface area contributed by atoms with Gasteiger partial charge >= 0.3 is 5.69 Å². The van der Waals surface area contributed by atoms with E-state index < -0.39 is 27.9 Å². The molecule has 0 bridgehead atoms. The maximum absolute atomic E-state index is 12.9. The van der Waals surface area contributed by atoms with Crippen molar-refractivity contribution in [1.29, 1.82) is 0 Å². The van der Waals surface area contributed by atoms with Gasteiger partial charge in [-0.2, -0.15) is 0 Å². The Hall–Kier alpha value is -2.22. The van der Waals surface area contributed by atoms with E-state index in [9.17, 15) is 19.3 Å². The van der Waals surface area contributed by atoms with Crippen molar-refractivity contribution in [2.24, 2.45) is 11.5 Å². The predicted octanol–water partition coefficient (Wildman–Crippen LogP) is 1.10. The van der Waals surface area contributed by atoms with Gasteiger partial charge in [-0.25, -0.2) is 4.39 Å². The van der Waals surface area contributed by atoms with Crippen molar-refractivity contribution in [3.63, 3.8) is 0 Å². The summed E-state index contributed by atoms with van der Waals surface area (Å²) in [6.45, 7) is 1.60. The standard InChI is InChI=1S/C12H16FN3O4/c1-12(15,11(14)17)5-2-6-20-10-4-3-8(13)7-9(10)16(18)19/h3-4,7H,2,5-6,15H2,1H3,(H2,14,17). The Labute approximate surface area is 114 Å².